The highest BCUT2D eigenvalue weighted by Crippen LogP contribution is 2.19. The molecule has 0 heterocycles. The number of carbonyl (C=O) groups is 1. The summed E-state index contributed by atoms with van der Waals surface area (Å²) in [5, 5.41) is 2.97. The lowest BCUT2D eigenvalue weighted by Crippen LogP contribution is -2.28. The summed E-state index contributed by atoms with van der Waals surface area (Å²) in [6.07, 6.45) is 0.187. The molecule has 0 aliphatic carbocycles. The molecule has 2 rings (SSSR count). The molecule has 0 bridgehead atoms. The normalized spacial score (nSPS) is 12.0. The summed E-state index contributed by atoms with van der Waals surface area (Å²) in [5.74, 6) is -0.420. The number of amides is 1. The Bertz CT molecular complexity index is 651. The molecule has 2 nitrogen and oxygen atoms in total. The topological polar surface area (TPSA) is 29.1 Å². The standard InChI is InChI=1S/C18H20FNO/c1-12-7-8-13(2)17(9-12)14(3)20-18(21)11-15-5-4-6-16(19)10-15/h4-10,14H,11H2,1-3H3,(H,20,21). The van der Waals surface area contributed by atoms with Crippen molar-refractivity contribution < 1.29 is 9.18 Å². The van der Waals surface area contributed by atoms with Crippen molar-refractivity contribution in [1.82, 2.24) is 5.32 Å². The lowest BCUT2D eigenvalue weighted by molar-refractivity contribution is -0.121. The van der Waals surface area contributed by atoms with Gasteiger partial charge >= 0.3 is 0 Å². The molecule has 3 heteroatoms. The van der Waals surface area contributed by atoms with Gasteiger partial charge in [-0.3, -0.25) is 4.79 Å². The molecular weight excluding hydrogens is 265 g/mol. The van der Waals surface area contributed by atoms with E-state index >= 15 is 0 Å². The van der Waals surface area contributed by atoms with Crippen LogP contribution < -0.4 is 5.32 Å². The van der Waals surface area contributed by atoms with Crippen molar-refractivity contribution in [3.05, 3.63) is 70.5 Å². The monoisotopic (exact) mass is 285 g/mol. The van der Waals surface area contributed by atoms with Crippen molar-refractivity contribution in [2.75, 3.05) is 0 Å². The number of halogens is 1. The Kier molecular flexibility index (Phi) is 4.73. The second-order valence-corrected chi connectivity index (χ2v) is 5.46. The van der Waals surface area contributed by atoms with E-state index in [1.165, 1.54) is 17.7 Å². The molecule has 0 aliphatic heterocycles. The molecule has 2 aromatic rings. The molecule has 21 heavy (non-hydrogen) atoms. The molecule has 0 aromatic heterocycles. The minimum absolute atomic E-state index is 0.0639. The van der Waals surface area contributed by atoms with E-state index in [-0.39, 0.29) is 24.2 Å². The molecule has 1 amide bonds. The molecule has 0 fully saturated rings. The first-order valence-electron chi connectivity index (χ1n) is 7.06. The fourth-order valence-electron chi connectivity index (χ4n) is 2.43. The van der Waals surface area contributed by atoms with Gasteiger partial charge in [0, 0.05) is 0 Å². The van der Waals surface area contributed by atoms with Gasteiger partial charge in [0.2, 0.25) is 5.91 Å². The van der Waals surface area contributed by atoms with Crippen LogP contribution in [0, 0.1) is 19.7 Å². The van der Waals surface area contributed by atoms with Gasteiger partial charge in [0.1, 0.15) is 5.82 Å². The van der Waals surface area contributed by atoms with Gasteiger partial charge in [0.05, 0.1) is 12.5 Å². The quantitative estimate of drug-likeness (QED) is 0.908. The number of aryl methyl sites for hydroxylation is 2. The minimum atomic E-state index is -0.317. The molecule has 0 saturated heterocycles. The number of carbonyl (C=O) groups excluding carboxylic acids is 1. The first-order valence-corrected chi connectivity index (χ1v) is 7.06. The van der Waals surface area contributed by atoms with Crippen LogP contribution in [0.4, 0.5) is 4.39 Å². The zero-order valence-corrected chi connectivity index (χ0v) is 12.6. The van der Waals surface area contributed by atoms with Gasteiger partial charge < -0.3 is 5.32 Å². The van der Waals surface area contributed by atoms with Gasteiger partial charge in [-0.15, -0.1) is 0 Å². The van der Waals surface area contributed by atoms with E-state index in [1.807, 2.05) is 20.8 Å². The van der Waals surface area contributed by atoms with E-state index < -0.39 is 0 Å². The zero-order chi connectivity index (χ0) is 15.4. The van der Waals surface area contributed by atoms with E-state index in [9.17, 15) is 9.18 Å². The van der Waals surface area contributed by atoms with Crippen molar-refractivity contribution >= 4 is 5.91 Å². The number of benzene rings is 2. The average molecular weight is 285 g/mol. The predicted octanol–water partition coefficient (Wildman–Crippen LogP) is 3.86. The molecule has 1 unspecified atom stereocenters. The molecule has 2 aromatic carbocycles. The Morgan fingerprint density at radius 2 is 1.95 bits per heavy atom. The minimum Gasteiger partial charge on any atom is -0.349 e. The highest BCUT2D eigenvalue weighted by Gasteiger charge is 2.12. The third-order valence-corrected chi connectivity index (χ3v) is 3.53. The van der Waals surface area contributed by atoms with Crippen LogP contribution >= 0.6 is 0 Å². The summed E-state index contributed by atoms with van der Waals surface area (Å²) in [7, 11) is 0. The van der Waals surface area contributed by atoms with Gasteiger partial charge in [-0.25, -0.2) is 4.39 Å². The Balaban J connectivity index is 2.03. The first-order chi connectivity index (χ1) is 9.95. The van der Waals surface area contributed by atoms with Crippen LogP contribution in [0.15, 0.2) is 42.5 Å². The fourth-order valence-corrected chi connectivity index (χ4v) is 2.43. The van der Waals surface area contributed by atoms with E-state index in [0.717, 1.165) is 11.1 Å². The highest BCUT2D eigenvalue weighted by atomic mass is 19.1. The molecule has 0 saturated carbocycles. The summed E-state index contributed by atoms with van der Waals surface area (Å²) in [6, 6.07) is 12.3. The molecule has 0 aliphatic rings. The summed E-state index contributed by atoms with van der Waals surface area (Å²) >= 11 is 0. The summed E-state index contributed by atoms with van der Waals surface area (Å²) in [6.45, 7) is 6.03. The van der Waals surface area contributed by atoms with Crippen LogP contribution in [-0.4, -0.2) is 5.91 Å². The van der Waals surface area contributed by atoms with E-state index in [0.29, 0.717) is 5.56 Å². The second-order valence-electron chi connectivity index (χ2n) is 5.46. The van der Waals surface area contributed by atoms with Crippen molar-refractivity contribution in [2.24, 2.45) is 0 Å². The molecule has 1 N–H and O–H groups in total. The summed E-state index contributed by atoms with van der Waals surface area (Å²) in [4.78, 5) is 12.1. The summed E-state index contributed by atoms with van der Waals surface area (Å²) in [5.41, 5.74) is 4.12. The first kappa shape index (κ1) is 15.2. The maximum atomic E-state index is 13.1. The third kappa shape index (κ3) is 4.15. The molecular formula is C18H20FNO. The van der Waals surface area contributed by atoms with Gasteiger partial charge in [-0.2, -0.15) is 0 Å². The number of hydrogen-bond acceptors (Lipinski definition) is 1. The Morgan fingerprint density at radius 1 is 1.19 bits per heavy atom. The number of nitrogens with one attached hydrogen (secondary N) is 1. The Morgan fingerprint density at radius 3 is 2.67 bits per heavy atom. The van der Waals surface area contributed by atoms with Gasteiger partial charge in [0.15, 0.2) is 0 Å². The molecule has 110 valence electrons. The molecule has 0 spiro atoms. The van der Waals surface area contributed by atoms with Gasteiger partial charge in [-0.05, 0) is 49.6 Å². The second kappa shape index (κ2) is 6.53. The Labute approximate surface area is 125 Å². The lowest BCUT2D eigenvalue weighted by Gasteiger charge is -2.17. The fraction of sp³-hybridized carbons (Fsp3) is 0.278. The number of hydrogen-bond donors (Lipinski definition) is 1. The maximum Gasteiger partial charge on any atom is 0.224 e. The van der Waals surface area contributed by atoms with Crippen molar-refractivity contribution in [3.8, 4) is 0 Å². The van der Waals surface area contributed by atoms with Crippen LogP contribution in [0.1, 0.15) is 35.2 Å². The largest absolute Gasteiger partial charge is 0.349 e. The van der Waals surface area contributed by atoms with Crippen LogP contribution in [0.5, 0.6) is 0 Å². The van der Waals surface area contributed by atoms with Gasteiger partial charge in [0.25, 0.3) is 0 Å². The molecule has 0 radical (unpaired) electrons. The highest BCUT2D eigenvalue weighted by molar-refractivity contribution is 5.79. The van der Waals surface area contributed by atoms with E-state index in [4.69, 9.17) is 0 Å². The smallest absolute Gasteiger partial charge is 0.224 e. The van der Waals surface area contributed by atoms with Crippen molar-refractivity contribution in [2.45, 2.75) is 33.2 Å². The van der Waals surface area contributed by atoms with Gasteiger partial charge in [-0.1, -0.05) is 35.9 Å². The van der Waals surface area contributed by atoms with Crippen molar-refractivity contribution in [3.63, 3.8) is 0 Å². The van der Waals surface area contributed by atoms with Crippen molar-refractivity contribution in [1.29, 1.82) is 0 Å². The van der Waals surface area contributed by atoms with E-state index in [1.54, 1.807) is 12.1 Å². The molecule has 1 atom stereocenters. The van der Waals surface area contributed by atoms with Crippen LogP contribution in [0.3, 0.4) is 0 Å². The lowest BCUT2D eigenvalue weighted by atomic mass is 10.00. The van der Waals surface area contributed by atoms with Crippen LogP contribution in [0.25, 0.3) is 0 Å². The average Bonchev–Trinajstić information content (AvgIpc) is 2.41. The zero-order valence-electron chi connectivity index (χ0n) is 12.6. The maximum absolute atomic E-state index is 13.1. The SMILES string of the molecule is Cc1ccc(C)c(C(C)NC(=O)Cc2cccc(F)c2)c1. The van der Waals surface area contributed by atoms with Crippen LogP contribution in [-0.2, 0) is 11.2 Å². The third-order valence-electron chi connectivity index (χ3n) is 3.53. The predicted molar refractivity (Wildman–Crippen MR) is 82.6 cm³/mol. The number of rotatable bonds is 4. The summed E-state index contributed by atoms with van der Waals surface area (Å²) < 4.78 is 13.1. The van der Waals surface area contributed by atoms with E-state index in [2.05, 4.69) is 23.5 Å². The Hall–Kier alpha value is -2.16. The van der Waals surface area contributed by atoms with Crippen LogP contribution in [0.2, 0.25) is 0 Å².